The van der Waals surface area contributed by atoms with Crippen molar-refractivity contribution in [3.05, 3.63) is 88.6 Å². The lowest BCUT2D eigenvalue weighted by atomic mass is 9.86. The van der Waals surface area contributed by atoms with E-state index >= 15 is 0 Å². The lowest BCUT2D eigenvalue weighted by Crippen LogP contribution is -2.41. The van der Waals surface area contributed by atoms with E-state index < -0.39 is 24.1 Å². The van der Waals surface area contributed by atoms with E-state index in [1.807, 2.05) is 19.1 Å². The first-order chi connectivity index (χ1) is 19.7. The molecular formula is C32H35F3N4O3. The second kappa shape index (κ2) is 12.4. The van der Waals surface area contributed by atoms with Crippen molar-refractivity contribution in [1.29, 1.82) is 0 Å². The van der Waals surface area contributed by atoms with Crippen LogP contribution in [0.4, 0.5) is 18.0 Å². The number of aliphatic carboxylic acids is 1. The number of hydrogen-bond acceptors (Lipinski definition) is 4. The predicted molar refractivity (Wildman–Crippen MR) is 153 cm³/mol. The highest BCUT2D eigenvalue weighted by molar-refractivity contribution is 5.76. The van der Waals surface area contributed by atoms with Gasteiger partial charge in [0.2, 0.25) is 0 Å². The van der Waals surface area contributed by atoms with Crippen molar-refractivity contribution >= 4 is 12.0 Å². The standard InChI is InChI=1S/C32H35F3N4O3/c1-20(16-22-10-14-24(15-11-22)31(2,3)4)39-28(37-38-30(39)42)7-5-6-21-8-12-23(13-9-21)27-18-25(32(33,34)35)17-26(36-27)19-29(40)41/h8-15,17-18,20,28H,5-7,16,19H2,1-4H3,(H,40,41). The Bertz CT molecular complexity index is 1450. The topological polar surface area (TPSA) is 95.2 Å². The van der Waals surface area contributed by atoms with Crippen LogP contribution in [0.3, 0.4) is 0 Å². The van der Waals surface area contributed by atoms with Crippen molar-refractivity contribution in [2.45, 2.75) is 83.6 Å². The summed E-state index contributed by atoms with van der Waals surface area (Å²) in [5.74, 6) is -1.26. The van der Waals surface area contributed by atoms with Gasteiger partial charge in [-0.25, -0.2) is 4.79 Å². The lowest BCUT2D eigenvalue weighted by Gasteiger charge is -2.28. The molecule has 0 aliphatic carbocycles. The molecule has 0 saturated heterocycles. The number of aryl methyl sites for hydroxylation is 1. The lowest BCUT2D eigenvalue weighted by molar-refractivity contribution is -0.138. The van der Waals surface area contributed by atoms with E-state index in [1.165, 1.54) is 5.56 Å². The number of pyridine rings is 1. The van der Waals surface area contributed by atoms with Gasteiger partial charge in [0, 0.05) is 11.6 Å². The number of amides is 2. The highest BCUT2D eigenvalue weighted by Crippen LogP contribution is 2.33. The quantitative estimate of drug-likeness (QED) is 0.264. The summed E-state index contributed by atoms with van der Waals surface area (Å²) in [5.41, 5.74) is 2.86. The number of azo groups is 1. The van der Waals surface area contributed by atoms with Crippen LogP contribution < -0.4 is 0 Å². The Morgan fingerprint density at radius 2 is 1.62 bits per heavy atom. The molecule has 1 aromatic heterocycles. The fourth-order valence-corrected chi connectivity index (χ4v) is 5.09. The van der Waals surface area contributed by atoms with Gasteiger partial charge in [0.25, 0.3) is 0 Å². The molecule has 2 aromatic carbocycles. The van der Waals surface area contributed by atoms with E-state index in [9.17, 15) is 22.8 Å². The van der Waals surface area contributed by atoms with Gasteiger partial charge in [-0.1, -0.05) is 74.4 Å². The number of carboxylic acid groups (broad SMARTS) is 1. The Morgan fingerprint density at radius 3 is 2.21 bits per heavy atom. The molecule has 0 radical (unpaired) electrons. The summed E-state index contributed by atoms with van der Waals surface area (Å²) >= 11 is 0. The van der Waals surface area contributed by atoms with E-state index in [4.69, 9.17) is 5.11 Å². The number of carbonyl (C=O) groups excluding carboxylic acids is 1. The Morgan fingerprint density at radius 1 is 0.976 bits per heavy atom. The van der Waals surface area contributed by atoms with Crippen molar-refractivity contribution in [3.63, 3.8) is 0 Å². The van der Waals surface area contributed by atoms with Gasteiger partial charge in [0.15, 0.2) is 0 Å². The predicted octanol–water partition coefficient (Wildman–Crippen LogP) is 7.86. The molecule has 2 unspecified atom stereocenters. The van der Waals surface area contributed by atoms with Gasteiger partial charge >= 0.3 is 18.2 Å². The Balaban J connectivity index is 1.37. The molecule has 10 heteroatoms. The van der Waals surface area contributed by atoms with Crippen LogP contribution in [0.5, 0.6) is 0 Å². The number of rotatable bonds is 10. The molecule has 1 aliphatic heterocycles. The van der Waals surface area contributed by atoms with Gasteiger partial charge in [0.1, 0.15) is 6.17 Å². The van der Waals surface area contributed by atoms with Crippen LogP contribution in [0.1, 0.15) is 68.5 Å². The third-order valence-corrected chi connectivity index (χ3v) is 7.36. The number of benzene rings is 2. The summed E-state index contributed by atoms with van der Waals surface area (Å²) in [5, 5.41) is 17.0. The molecule has 1 N–H and O–H groups in total. The second-order valence-electron chi connectivity index (χ2n) is 11.8. The smallest absolute Gasteiger partial charge is 0.416 e. The first-order valence-electron chi connectivity index (χ1n) is 13.9. The fourth-order valence-electron chi connectivity index (χ4n) is 5.09. The zero-order valence-electron chi connectivity index (χ0n) is 24.2. The van der Waals surface area contributed by atoms with Crippen LogP contribution in [0, 0.1) is 0 Å². The molecule has 7 nitrogen and oxygen atoms in total. The third kappa shape index (κ3) is 7.80. The molecule has 3 aromatic rings. The van der Waals surface area contributed by atoms with Gasteiger partial charge in [-0.15, -0.1) is 0 Å². The molecule has 2 amide bonds. The summed E-state index contributed by atoms with van der Waals surface area (Å²) in [6, 6.07) is 16.7. The van der Waals surface area contributed by atoms with Crippen molar-refractivity contribution in [3.8, 4) is 11.3 Å². The number of nitrogens with zero attached hydrogens (tertiary/aromatic N) is 4. The van der Waals surface area contributed by atoms with Crippen LogP contribution in [-0.2, 0) is 35.6 Å². The van der Waals surface area contributed by atoms with Crippen molar-refractivity contribution in [2.24, 2.45) is 10.2 Å². The number of carbonyl (C=O) groups is 2. The minimum atomic E-state index is -4.62. The molecule has 0 spiro atoms. The van der Waals surface area contributed by atoms with Crippen molar-refractivity contribution < 1.29 is 27.9 Å². The maximum atomic E-state index is 13.4. The highest BCUT2D eigenvalue weighted by atomic mass is 19.4. The van der Waals surface area contributed by atoms with Crippen molar-refractivity contribution in [2.75, 3.05) is 0 Å². The molecule has 2 atom stereocenters. The first kappa shape index (κ1) is 30.9. The number of carboxylic acids is 1. The van der Waals surface area contributed by atoms with Gasteiger partial charge in [-0.05, 0) is 66.8 Å². The zero-order chi connectivity index (χ0) is 30.7. The summed E-state index contributed by atoms with van der Waals surface area (Å²) in [4.78, 5) is 29.5. The SMILES string of the molecule is CC(Cc1ccc(C(C)(C)C)cc1)N1C(=O)N=NC1CCCc1ccc(-c2cc(C(F)(F)F)cc(CC(=O)O)n2)cc1. The number of aromatic nitrogens is 1. The van der Waals surface area contributed by atoms with Gasteiger partial charge in [-0.2, -0.15) is 18.3 Å². The molecule has 1 aliphatic rings. The number of urea groups is 1. The molecule has 0 bridgehead atoms. The van der Waals surface area contributed by atoms with Gasteiger partial charge < -0.3 is 5.11 Å². The van der Waals surface area contributed by atoms with Crippen LogP contribution >= 0.6 is 0 Å². The Labute approximate surface area is 243 Å². The Kier molecular flexibility index (Phi) is 9.13. The maximum Gasteiger partial charge on any atom is 0.416 e. The van der Waals surface area contributed by atoms with Crippen molar-refractivity contribution in [1.82, 2.24) is 9.88 Å². The van der Waals surface area contributed by atoms with E-state index in [-0.39, 0.29) is 35.0 Å². The summed E-state index contributed by atoms with van der Waals surface area (Å²) in [6.07, 6.45) is -2.85. The number of hydrogen-bond donors (Lipinski definition) is 1. The first-order valence-corrected chi connectivity index (χ1v) is 13.9. The normalized spacial score (nSPS) is 16.2. The molecule has 42 heavy (non-hydrogen) atoms. The van der Waals surface area contributed by atoms with Gasteiger partial charge in [0.05, 0.1) is 23.4 Å². The van der Waals surface area contributed by atoms with Gasteiger partial charge in [-0.3, -0.25) is 14.7 Å². The highest BCUT2D eigenvalue weighted by Gasteiger charge is 2.33. The minimum Gasteiger partial charge on any atom is -0.481 e. The van der Waals surface area contributed by atoms with Crippen LogP contribution in [0.15, 0.2) is 70.9 Å². The summed E-state index contributed by atoms with van der Waals surface area (Å²) in [6.45, 7) is 8.51. The number of alkyl halides is 3. The summed E-state index contributed by atoms with van der Waals surface area (Å²) < 4.78 is 40.1. The zero-order valence-corrected chi connectivity index (χ0v) is 24.2. The molecule has 0 fully saturated rings. The van der Waals surface area contributed by atoms with Crippen LogP contribution in [-0.4, -0.2) is 39.2 Å². The fraction of sp³-hybridized carbons (Fsp3) is 0.406. The minimum absolute atomic E-state index is 0.0650. The maximum absolute atomic E-state index is 13.4. The van der Waals surface area contributed by atoms with E-state index in [1.54, 1.807) is 17.0 Å². The molecular weight excluding hydrogens is 545 g/mol. The van der Waals surface area contributed by atoms with E-state index in [0.29, 0.717) is 24.8 Å². The van der Waals surface area contributed by atoms with Crippen LogP contribution in [0.25, 0.3) is 11.3 Å². The van der Waals surface area contributed by atoms with Crippen LogP contribution in [0.2, 0.25) is 0 Å². The third-order valence-electron chi connectivity index (χ3n) is 7.36. The molecule has 0 saturated carbocycles. The number of halogens is 3. The Hall–Kier alpha value is -4.08. The van der Waals surface area contributed by atoms with E-state index in [2.05, 4.69) is 60.2 Å². The monoisotopic (exact) mass is 580 g/mol. The summed E-state index contributed by atoms with van der Waals surface area (Å²) in [7, 11) is 0. The average Bonchev–Trinajstić information content (AvgIpc) is 3.28. The molecule has 2 heterocycles. The largest absolute Gasteiger partial charge is 0.481 e. The molecule has 222 valence electrons. The molecule has 4 rings (SSSR count). The second-order valence-corrected chi connectivity index (χ2v) is 11.8. The van der Waals surface area contributed by atoms with E-state index in [0.717, 1.165) is 29.7 Å². The average molecular weight is 581 g/mol.